The molecule has 3 rings (SSSR count). The van der Waals surface area contributed by atoms with Crippen molar-refractivity contribution >= 4 is 57.6 Å². The second kappa shape index (κ2) is 8.45. The van der Waals surface area contributed by atoms with Crippen LogP contribution in [-0.2, 0) is 4.79 Å². The molecule has 132 valence electrons. The van der Waals surface area contributed by atoms with E-state index >= 15 is 0 Å². The number of hydrazine groups is 1. The zero-order chi connectivity index (χ0) is 18.5. The van der Waals surface area contributed by atoms with Crippen molar-refractivity contribution in [2.45, 2.75) is 4.90 Å². The lowest BCUT2D eigenvalue weighted by molar-refractivity contribution is -0.119. The Morgan fingerprint density at radius 1 is 0.923 bits per heavy atom. The average Bonchev–Trinajstić information content (AvgIpc) is 2.64. The van der Waals surface area contributed by atoms with Gasteiger partial charge in [-0.05, 0) is 35.7 Å². The first-order chi connectivity index (χ1) is 12.5. The van der Waals surface area contributed by atoms with Gasteiger partial charge in [-0.2, -0.15) is 0 Å². The predicted octanol–water partition coefficient (Wildman–Crippen LogP) is 4.70. The number of fused-ring (bicyclic) bond motifs is 1. The maximum absolute atomic E-state index is 12.0. The number of carbonyl (C=O) groups excluding carboxylic acids is 2. The minimum absolute atomic E-state index is 0.139. The summed E-state index contributed by atoms with van der Waals surface area (Å²) in [5.74, 6) is -0.617. The van der Waals surface area contributed by atoms with E-state index in [-0.39, 0.29) is 11.7 Å². The van der Waals surface area contributed by atoms with Gasteiger partial charge in [0, 0.05) is 25.9 Å². The normalized spacial score (nSPS) is 10.5. The number of hydrogen-bond donors (Lipinski definition) is 2. The topological polar surface area (TPSA) is 58.2 Å². The Balaban J connectivity index is 1.59. The van der Waals surface area contributed by atoms with Crippen LogP contribution in [0, 0.1) is 0 Å². The van der Waals surface area contributed by atoms with E-state index in [1.165, 1.54) is 17.8 Å². The van der Waals surface area contributed by atoms with Gasteiger partial charge in [-0.15, -0.1) is 11.8 Å². The highest BCUT2D eigenvalue weighted by molar-refractivity contribution is 8.00. The van der Waals surface area contributed by atoms with Gasteiger partial charge in [0.15, 0.2) is 0 Å². The Hall–Kier alpha value is -2.21. The summed E-state index contributed by atoms with van der Waals surface area (Å²) in [6.45, 7) is 0. The lowest BCUT2D eigenvalue weighted by Gasteiger charge is -2.09. The summed E-state index contributed by atoms with van der Waals surface area (Å²) in [6.07, 6.45) is 0. The molecule has 0 saturated carbocycles. The predicted molar refractivity (Wildman–Crippen MR) is 107 cm³/mol. The lowest BCUT2D eigenvalue weighted by atomic mass is 10.1. The van der Waals surface area contributed by atoms with Crippen molar-refractivity contribution in [3.05, 3.63) is 76.3 Å². The molecule has 0 atom stereocenters. The molecule has 0 spiro atoms. The minimum atomic E-state index is -0.431. The molecule has 0 fully saturated rings. The number of nitrogens with one attached hydrogen (secondary N) is 2. The van der Waals surface area contributed by atoms with Crippen molar-refractivity contribution in [1.82, 2.24) is 10.9 Å². The fourth-order valence-corrected chi connectivity index (χ4v) is 3.83. The summed E-state index contributed by atoms with van der Waals surface area (Å²) in [7, 11) is 0. The first kappa shape index (κ1) is 18.6. The van der Waals surface area contributed by atoms with Crippen LogP contribution in [0.5, 0.6) is 0 Å². The molecule has 0 saturated heterocycles. The van der Waals surface area contributed by atoms with Crippen molar-refractivity contribution < 1.29 is 9.59 Å². The van der Waals surface area contributed by atoms with E-state index in [0.29, 0.717) is 15.6 Å². The molecular weight excluding hydrogens is 391 g/mol. The molecule has 26 heavy (non-hydrogen) atoms. The van der Waals surface area contributed by atoms with Gasteiger partial charge in [0.1, 0.15) is 0 Å². The smallest absolute Gasteiger partial charge is 0.269 e. The van der Waals surface area contributed by atoms with Crippen LogP contribution < -0.4 is 10.9 Å². The van der Waals surface area contributed by atoms with Crippen molar-refractivity contribution in [3.8, 4) is 0 Å². The van der Waals surface area contributed by atoms with Crippen LogP contribution >= 0.6 is 35.0 Å². The van der Waals surface area contributed by atoms with Crippen molar-refractivity contribution in [2.24, 2.45) is 0 Å². The summed E-state index contributed by atoms with van der Waals surface area (Å²) in [6, 6.07) is 17.9. The number of carbonyl (C=O) groups is 2. The van der Waals surface area contributed by atoms with E-state index in [0.717, 1.165) is 15.7 Å². The fourth-order valence-electron chi connectivity index (χ4n) is 2.39. The molecular formula is C19H14Cl2N2O2S. The molecule has 0 aromatic heterocycles. The number of amides is 2. The Morgan fingerprint density at radius 3 is 2.42 bits per heavy atom. The molecule has 0 heterocycles. The van der Waals surface area contributed by atoms with E-state index in [2.05, 4.69) is 10.9 Å². The van der Waals surface area contributed by atoms with Gasteiger partial charge in [-0.25, -0.2) is 0 Å². The highest BCUT2D eigenvalue weighted by Gasteiger charge is 2.10. The number of rotatable bonds is 4. The zero-order valence-electron chi connectivity index (χ0n) is 13.5. The molecule has 0 aliphatic heterocycles. The minimum Gasteiger partial charge on any atom is -0.272 e. The molecule has 0 aliphatic rings. The highest BCUT2D eigenvalue weighted by atomic mass is 35.5. The zero-order valence-corrected chi connectivity index (χ0v) is 15.8. The first-order valence-corrected chi connectivity index (χ1v) is 9.43. The molecule has 0 unspecified atom stereocenters. The molecule has 7 heteroatoms. The third kappa shape index (κ3) is 4.49. The van der Waals surface area contributed by atoms with Gasteiger partial charge in [-0.1, -0.05) is 53.5 Å². The van der Waals surface area contributed by atoms with Gasteiger partial charge in [0.25, 0.3) is 5.91 Å². The Bertz CT molecular complexity index is 973. The number of benzene rings is 3. The molecule has 4 nitrogen and oxygen atoms in total. The highest BCUT2D eigenvalue weighted by Crippen LogP contribution is 2.32. The summed E-state index contributed by atoms with van der Waals surface area (Å²) in [5.41, 5.74) is 5.14. The van der Waals surface area contributed by atoms with Gasteiger partial charge in [-0.3, -0.25) is 20.4 Å². The Labute approximate surface area is 164 Å². The van der Waals surface area contributed by atoms with Crippen LogP contribution in [0.1, 0.15) is 10.4 Å². The summed E-state index contributed by atoms with van der Waals surface area (Å²) in [5, 5.41) is 3.02. The SMILES string of the molecule is O=C(CSc1cccc2cccc(Cl)c12)NNC(=O)c1cccc(Cl)c1. The molecule has 3 aromatic rings. The maximum atomic E-state index is 12.0. The van der Waals surface area contributed by atoms with E-state index in [9.17, 15) is 9.59 Å². The lowest BCUT2D eigenvalue weighted by Crippen LogP contribution is -2.42. The quantitative estimate of drug-likeness (QED) is 0.489. The Morgan fingerprint density at radius 2 is 1.65 bits per heavy atom. The molecule has 0 radical (unpaired) electrons. The second-order valence-corrected chi connectivity index (χ2v) is 7.26. The van der Waals surface area contributed by atoms with Crippen molar-refractivity contribution in [1.29, 1.82) is 0 Å². The largest absolute Gasteiger partial charge is 0.272 e. The fraction of sp³-hybridized carbons (Fsp3) is 0.0526. The van der Waals surface area contributed by atoms with Gasteiger partial charge in [0.05, 0.1) is 5.75 Å². The van der Waals surface area contributed by atoms with Gasteiger partial charge in [0.2, 0.25) is 5.91 Å². The molecule has 3 aromatic carbocycles. The maximum Gasteiger partial charge on any atom is 0.269 e. The van der Waals surface area contributed by atoms with E-state index in [4.69, 9.17) is 23.2 Å². The molecule has 2 amide bonds. The van der Waals surface area contributed by atoms with E-state index < -0.39 is 5.91 Å². The van der Waals surface area contributed by atoms with Crippen LogP contribution in [0.15, 0.2) is 65.6 Å². The van der Waals surface area contributed by atoms with Crippen LogP contribution in [0.3, 0.4) is 0 Å². The van der Waals surface area contributed by atoms with E-state index in [1.807, 2.05) is 36.4 Å². The number of halogens is 2. The third-order valence-corrected chi connectivity index (χ3v) is 5.18. The first-order valence-electron chi connectivity index (χ1n) is 7.69. The van der Waals surface area contributed by atoms with Crippen molar-refractivity contribution in [2.75, 3.05) is 5.75 Å². The summed E-state index contributed by atoms with van der Waals surface area (Å²) < 4.78 is 0. The molecule has 2 N–H and O–H groups in total. The van der Waals surface area contributed by atoms with Crippen molar-refractivity contribution in [3.63, 3.8) is 0 Å². The van der Waals surface area contributed by atoms with Crippen LogP contribution in [-0.4, -0.2) is 17.6 Å². The third-order valence-electron chi connectivity index (χ3n) is 3.58. The molecule has 0 aliphatic carbocycles. The van der Waals surface area contributed by atoms with Crippen LogP contribution in [0.25, 0.3) is 10.8 Å². The average molecular weight is 405 g/mol. The van der Waals surface area contributed by atoms with Crippen LogP contribution in [0.2, 0.25) is 10.0 Å². The van der Waals surface area contributed by atoms with Crippen LogP contribution in [0.4, 0.5) is 0 Å². The molecule has 0 bridgehead atoms. The second-order valence-electron chi connectivity index (χ2n) is 5.40. The number of hydrogen-bond acceptors (Lipinski definition) is 3. The number of thioether (sulfide) groups is 1. The summed E-state index contributed by atoms with van der Waals surface area (Å²) in [4.78, 5) is 24.9. The standard InChI is InChI=1S/C19H14Cl2N2O2S/c20-14-7-1-6-13(10-14)19(25)23-22-17(24)11-26-16-9-3-5-12-4-2-8-15(21)18(12)16/h1-10H,11H2,(H,22,24)(H,23,25). The van der Waals surface area contributed by atoms with E-state index in [1.54, 1.807) is 18.2 Å². The summed E-state index contributed by atoms with van der Waals surface area (Å²) >= 11 is 13.5. The van der Waals surface area contributed by atoms with Gasteiger partial charge < -0.3 is 0 Å². The Kier molecular flexibility index (Phi) is 6.04. The van der Waals surface area contributed by atoms with Gasteiger partial charge >= 0.3 is 0 Å². The monoisotopic (exact) mass is 404 g/mol.